The maximum absolute atomic E-state index is 13.0. The molecule has 23 heavy (non-hydrogen) atoms. The Bertz CT molecular complexity index is 719. The lowest BCUT2D eigenvalue weighted by Crippen LogP contribution is -2.20. The molecule has 0 aliphatic rings. The number of carbonyl (C=O) groups is 1. The molecule has 0 radical (unpaired) electrons. The molecule has 122 valence electrons. The van der Waals surface area contributed by atoms with Crippen LogP contribution < -0.4 is 21.1 Å². The molecule has 0 fully saturated rings. The van der Waals surface area contributed by atoms with E-state index in [2.05, 4.69) is 15.4 Å². The lowest BCUT2D eigenvalue weighted by Gasteiger charge is -2.11. The number of ether oxygens (including phenoxy) is 1. The van der Waals surface area contributed by atoms with Crippen molar-refractivity contribution in [1.29, 1.82) is 0 Å². The van der Waals surface area contributed by atoms with Gasteiger partial charge in [0.25, 0.3) is 0 Å². The second-order valence-electron chi connectivity index (χ2n) is 4.39. The van der Waals surface area contributed by atoms with Crippen LogP contribution in [0.3, 0.4) is 0 Å². The Morgan fingerprint density at radius 3 is 2.30 bits per heavy atom. The van der Waals surface area contributed by atoms with Crippen LogP contribution in [0.1, 0.15) is 0 Å². The number of rotatable bonds is 3. The zero-order valence-electron chi connectivity index (χ0n) is 11.4. The number of nitrogens with one attached hydrogen (secondary N) is 2. The number of anilines is 3. The van der Waals surface area contributed by atoms with Crippen molar-refractivity contribution in [2.45, 2.75) is 6.36 Å². The van der Waals surface area contributed by atoms with Gasteiger partial charge in [0.2, 0.25) is 0 Å². The van der Waals surface area contributed by atoms with Crippen molar-refractivity contribution in [2.24, 2.45) is 0 Å². The third kappa shape index (κ3) is 5.06. The molecular weight excluding hydrogens is 318 g/mol. The normalized spacial score (nSPS) is 11.0. The van der Waals surface area contributed by atoms with Crippen molar-refractivity contribution in [3.63, 3.8) is 0 Å². The highest BCUT2D eigenvalue weighted by Gasteiger charge is 2.31. The van der Waals surface area contributed by atoms with Crippen LogP contribution in [0.25, 0.3) is 0 Å². The molecule has 0 atom stereocenters. The van der Waals surface area contributed by atoms with E-state index in [-0.39, 0.29) is 17.1 Å². The van der Waals surface area contributed by atoms with Crippen LogP contribution >= 0.6 is 0 Å². The molecule has 2 aromatic carbocycles. The summed E-state index contributed by atoms with van der Waals surface area (Å²) in [5.74, 6) is -1.10. The Balaban J connectivity index is 2.02. The average Bonchev–Trinajstić information content (AvgIpc) is 2.41. The minimum atomic E-state index is -4.83. The summed E-state index contributed by atoms with van der Waals surface area (Å²) in [5, 5.41) is 4.69. The highest BCUT2D eigenvalue weighted by Crippen LogP contribution is 2.25. The maximum Gasteiger partial charge on any atom is 0.573 e. The van der Waals surface area contributed by atoms with Gasteiger partial charge in [0.15, 0.2) is 0 Å². The first-order chi connectivity index (χ1) is 10.7. The van der Waals surface area contributed by atoms with Gasteiger partial charge in [-0.2, -0.15) is 0 Å². The Hall–Kier alpha value is -2.97. The van der Waals surface area contributed by atoms with Gasteiger partial charge in [-0.15, -0.1) is 13.2 Å². The van der Waals surface area contributed by atoms with E-state index in [1.165, 1.54) is 24.3 Å². The molecule has 2 aromatic rings. The second-order valence-corrected chi connectivity index (χ2v) is 4.39. The van der Waals surface area contributed by atoms with Crippen LogP contribution in [0.15, 0.2) is 42.5 Å². The summed E-state index contributed by atoms with van der Waals surface area (Å²) in [6.45, 7) is 0. The topological polar surface area (TPSA) is 76.4 Å². The number of amides is 2. The summed E-state index contributed by atoms with van der Waals surface area (Å²) in [5.41, 5.74) is 5.52. The summed E-state index contributed by atoms with van der Waals surface area (Å²) in [6, 6.07) is 7.59. The Kier molecular flexibility index (Phi) is 4.58. The molecule has 0 aliphatic carbocycles. The fraction of sp³-hybridized carbons (Fsp3) is 0.0714. The Labute approximate surface area is 128 Å². The quantitative estimate of drug-likeness (QED) is 0.589. The molecule has 0 unspecified atom stereocenters. The monoisotopic (exact) mass is 329 g/mol. The van der Waals surface area contributed by atoms with E-state index in [4.69, 9.17) is 5.73 Å². The van der Waals surface area contributed by atoms with E-state index in [0.717, 1.165) is 18.2 Å². The minimum absolute atomic E-state index is 0.0827. The smallest absolute Gasteiger partial charge is 0.406 e. The van der Waals surface area contributed by atoms with Crippen LogP contribution in [0, 0.1) is 5.82 Å². The molecule has 5 nitrogen and oxygen atoms in total. The summed E-state index contributed by atoms with van der Waals surface area (Å²) in [7, 11) is 0. The molecule has 0 spiro atoms. The van der Waals surface area contributed by atoms with Crippen molar-refractivity contribution in [3.05, 3.63) is 48.3 Å². The number of carbonyl (C=O) groups excluding carboxylic acids is 1. The number of alkyl halides is 3. The molecule has 9 heteroatoms. The average molecular weight is 329 g/mol. The van der Waals surface area contributed by atoms with E-state index in [1.807, 2.05) is 0 Å². The first kappa shape index (κ1) is 16.4. The predicted octanol–water partition coefficient (Wildman–Crippen LogP) is 3.95. The third-order valence-corrected chi connectivity index (χ3v) is 2.58. The van der Waals surface area contributed by atoms with Gasteiger partial charge in [0, 0.05) is 17.4 Å². The molecule has 4 N–H and O–H groups in total. The molecule has 2 rings (SSSR count). The number of nitrogen functional groups attached to an aromatic ring is 1. The summed E-state index contributed by atoms with van der Waals surface area (Å²) in [4.78, 5) is 11.8. The zero-order chi connectivity index (χ0) is 17.0. The summed E-state index contributed by atoms with van der Waals surface area (Å²) >= 11 is 0. The largest absolute Gasteiger partial charge is 0.573 e. The molecule has 2 amide bonds. The second kappa shape index (κ2) is 6.42. The fourth-order valence-electron chi connectivity index (χ4n) is 1.69. The van der Waals surface area contributed by atoms with Gasteiger partial charge in [-0.3, -0.25) is 0 Å². The number of nitrogens with two attached hydrogens (primary N) is 1. The molecule has 0 aromatic heterocycles. The van der Waals surface area contributed by atoms with Crippen molar-refractivity contribution in [2.75, 3.05) is 16.4 Å². The highest BCUT2D eigenvalue weighted by molar-refractivity contribution is 6.00. The molecule has 0 bridgehead atoms. The number of urea groups is 1. The van der Waals surface area contributed by atoms with Gasteiger partial charge < -0.3 is 21.1 Å². The first-order valence-electron chi connectivity index (χ1n) is 6.22. The van der Waals surface area contributed by atoms with Crippen molar-refractivity contribution in [3.8, 4) is 5.75 Å². The lowest BCUT2D eigenvalue weighted by molar-refractivity contribution is -0.274. The van der Waals surface area contributed by atoms with Gasteiger partial charge in [-0.05, 0) is 30.3 Å². The van der Waals surface area contributed by atoms with E-state index in [9.17, 15) is 22.4 Å². The van der Waals surface area contributed by atoms with Crippen molar-refractivity contribution in [1.82, 2.24) is 0 Å². The van der Waals surface area contributed by atoms with Gasteiger partial charge in [-0.1, -0.05) is 6.07 Å². The number of hydrogen-bond donors (Lipinski definition) is 3. The minimum Gasteiger partial charge on any atom is -0.406 e. The first-order valence-corrected chi connectivity index (χ1v) is 6.22. The van der Waals surface area contributed by atoms with Crippen molar-refractivity contribution < 1.29 is 27.1 Å². The molecule has 0 saturated carbocycles. The lowest BCUT2D eigenvalue weighted by atomic mass is 10.2. The molecular formula is C14H11F4N3O2. The van der Waals surface area contributed by atoms with Crippen LogP contribution in [0.5, 0.6) is 5.75 Å². The maximum atomic E-state index is 13.0. The van der Waals surface area contributed by atoms with Gasteiger partial charge in [-0.25, -0.2) is 9.18 Å². The van der Waals surface area contributed by atoms with Crippen LogP contribution in [-0.2, 0) is 0 Å². The molecule has 0 heterocycles. The van der Waals surface area contributed by atoms with E-state index < -0.39 is 24.0 Å². The van der Waals surface area contributed by atoms with Gasteiger partial charge in [0.1, 0.15) is 11.6 Å². The highest BCUT2D eigenvalue weighted by atomic mass is 19.4. The van der Waals surface area contributed by atoms with E-state index >= 15 is 0 Å². The van der Waals surface area contributed by atoms with E-state index in [0.29, 0.717) is 0 Å². The number of halogens is 4. The number of hydrogen-bond acceptors (Lipinski definition) is 3. The SMILES string of the molecule is Nc1cc(NC(=O)Nc2cccc(OC(F)(F)F)c2)ccc1F. The molecule has 0 saturated heterocycles. The Morgan fingerprint density at radius 1 is 1.04 bits per heavy atom. The van der Waals surface area contributed by atoms with Crippen LogP contribution in [0.4, 0.5) is 39.4 Å². The predicted molar refractivity (Wildman–Crippen MR) is 76.6 cm³/mol. The number of benzene rings is 2. The van der Waals surface area contributed by atoms with Crippen molar-refractivity contribution >= 4 is 23.1 Å². The standard InChI is InChI=1S/C14H11F4N3O2/c15-11-5-4-9(7-12(11)19)21-13(22)20-8-2-1-3-10(6-8)23-14(16,17)18/h1-7H,19H2,(H2,20,21,22). The molecule has 0 aliphatic heterocycles. The fourth-order valence-corrected chi connectivity index (χ4v) is 1.69. The third-order valence-electron chi connectivity index (χ3n) is 2.58. The van der Waals surface area contributed by atoms with Crippen LogP contribution in [-0.4, -0.2) is 12.4 Å². The Morgan fingerprint density at radius 2 is 1.70 bits per heavy atom. The summed E-state index contributed by atoms with van der Waals surface area (Å²) < 4.78 is 53.1. The van der Waals surface area contributed by atoms with Gasteiger partial charge in [0.05, 0.1) is 5.69 Å². The zero-order valence-corrected chi connectivity index (χ0v) is 11.4. The summed E-state index contributed by atoms with van der Waals surface area (Å²) in [6.07, 6.45) is -4.83. The van der Waals surface area contributed by atoms with Crippen LogP contribution in [0.2, 0.25) is 0 Å². The van der Waals surface area contributed by atoms with E-state index in [1.54, 1.807) is 0 Å². The van der Waals surface area contributed by atoms with Gasteiger partial charge >= 0.3 is 12.4 Å².